The third kappa shape index (κ3) is 4.56. The molecule has 0 aliphatic carbocycles. The van der Waals surface area contributed by atoms with Crippen molar-refractivity contribution < 1.29 is 0 Å². The van der Waals surface area contributed by atoms with Crippen LogP contribution in [0.15, 0.2) is 60.7 Å². The van der Waals surface area contributed by atoms with Crippen molar-refractivity contribution in [3.8, 4) is 22.5 Å². The van der Waals surface area contributed by atoms with Crippen molar-refractivity contribution in [2.75, 3.05) is 0 Å². The van der Waals surface area contributed by atoms with Gasteiger partial charge in [0.15, 0.2) is 0 Å². The van der Waals surface area contributed by atoms with E-state index >= 15 is 0 Å². The van der Waals surface area contributed by atoms with E-state index in [2.05, 4.69) is 70.4 Å². The average Bonchev–Trinajstić information content (AvgIpc) is 3.10. The van der Waals surface area contributed by atoms with Crippen LogP contribution in [0, 0.1) is 0 Å². The minimum Gasteiger partial charge on any atom is -0.244 e. The van der Waals surface area contributed by atoms with Crippen LogP contribution in [-0.4, -0.2) is 15.0 Å². The predicted octanol–water partition coefficient (Wildman–Crippen LogP) is 5.97. The third-order valence-electron chi connectivity index (χ3n) is 4.55. The second-order valence-electron chi connectivity index (χ2n) is 6.51. The Morgan fingerprint density at radius 1 is 0.720 bits per heavy atom. The molecule has 130 valence electrons. The highest BCUT2D eigenvalue weighted by Crippen LogP contribution is 2.30. The van der Waals surface area contributed by atoms with Crippen LogP contribution in [0.4, 0.5) is 0 Å². The zero-order chi connectivity index (χ0) is 17.3. The number of benzene rings is 2. The smallest absolute Gasteiger partial charge is 0.121 e. The first kappa shape index (κ1) is 17.4. The number of nitrogens with zero attached hydrogens (tertiary/aromatic N) is 3. The molecule has 3 heteroatoms. The van der Waals surface area contributed by atoms with Gasteiger partial charge in [0.1, 0.15) is 5.69 Å². The molecule has 0 amide bonds. The molecule has 0 aliphatic rings. The number of aryl methyl sites for hydroxylation is 1. The molecule has 0 N–H and O–H groups in total. The van der Waals surface area contributed by atoms with Gasteiger partial charge in [-0.15, -0.1) is 5.10 Å². The molecule has 0 saturated carbocycles. The van der Waals surface area contributed by atoms with Crippen LogP contribution < -0.4 is 0 Å². The lowest BCUT2D eigenvalue weighted by Crippen LogP contribution is -2.03. The van der Waals surface area contributed by atoms with Crippen molar-refractivity contribution in [2.45, 2.75) is 52.0 Å². The van der Waals surface area contributed by atoms with Gasteiger partial charge in [0.2, 0.25) is 0 Å². The Bertz CT molecular complexity index is 747. The highest BCUT2D eigenvalue weighted by atomic mass is 15.4. The van der Waals surface area contributed by atoms with Crippen LogP contribution in [0.3, 0.4) is 0 Å². The minimum absolute atomic E-state index is 0.927. The van der Waals surface area contributed by atoms with Gasteiger partial charge in [0.05, 0.1) is 5.69 Å². The highest BCUT2D eigenvalue weighted by Gasteiger charge is 2.16. The van der Waals surface area contributed by atoms with Crippen molar-refractivity contribution >= 4 is 0 Å². The SMILES string of the molecule is CCCCCCCCn1nnc(-c2ccccc2)c1-c1ccccc1. The molecule has 1 heterocycles. The Hall–Kier alpha value is -2.42. The maximum atomic E-state index is 4.50. The molecule has 0 unspecified atom stereocenters. The normalized spacial score (nSPS) is 10.9. The number of hydrogen-bond donors (Lipinski definition) is 0. The first-order valence-corrected chi connectivity index (χ1v) is 9.44. The van der Waals surface area contributed by atoms with Crippen LogP contribution in [0.1, 0.15) is 45.4 Å². The summed E-state index contributed by atoms with van der Waals surface area (Å²) in [6.07, 6.45) is 7.71. The summed E-state index contributed by atoms with van der Waals surface area (Å²) < 4.78 is 2.08. The minimum atomic E-state index is 0.927. The van der Waals surface area contributed by atoms with Crippen LogP contribution in [0.25, 0.3) is 22.5 Å². The maximum absolute atomic E-state index is 4.50. The molecule has 0 bridgehead atoms. The Kier molecular flexibility index (Phi) is 6.38. The van der Waals surface area contributed by atoms with E-state index in [-0.39, 0.29) is 0 Å². The van der Waals surface area contributed by atoms with E-state index in [1.807, 2.05) is 12.1 Å². The van der Waals surface area contributed by atoms with Gasteiger partial charge in [-0.2, -0.15) is 0 Å². The lowest BCUT2D eigenvalue weighted by atomic mass is 10.0. The molecule has 3 nitrogen and oxygen atoms in total. The van der Waals surface area contributed by atoms with Crippen molar-refractivity contribution in [3.63, 3.8) is 0 Å². The first-order valence-electron chi connectivity index (χ1n) is 9.44. The molecular weight excluding hydrogens is 306 g/mol. The Balaban J connectivity index is 1.80. The molecule has 3 rings (SSSR count). The van der Waals surface area contributed by atoms with E-state index in [0.29, 0.717) is 0 Å². The molecule has 0 radical (unpaired) electrons. The van der Waals surface area contributed by atoms with E-state index in [1.165, 1.54) is 37.7 Å². The number of rotatable bonds is 9. The van der Waals surface area contributed by atoms with E-state index in [4.69, 9.17) is 0 Å². The second-order valence-corrected chi connectivity index (χ2v) is 6.51. The number of aromatic nitrogens is 3. The predicted molar refractivity (Wildman–Crippen MR) is 104 cm³/mol. The van der Waals surface area contributed by atoms with Crippen molar-refractivity contribution in [2.24, 2.45) is 0 Å². The zero-order valence-corrected chi connectivity index (χ0v) is 15.1. The van der Waals surface area contributed by atoms with Crippen LogP contribution in [0.5, 0.6) is 0 Å². The summed E-state index contributed by atoms with van der Waals surface area (Å²) >= 11 is 0. The topological polar surface area (TPSA) is 30.7 Å². The van der Waals surface area contributed by atoms with Crippen LogP contribution in [-0.2, 0) is 6.54 Å². The summed E-state index contributed by atoms with van der Waals surface area (Å²) in [4.78, 5) is 0. The van der Waals surface area contributed by atoms with Gasteiger partial charge < -0.3 is 0 Å². The third-order valence-corrected chi connectivity index (χ3v) is 4.55. The monoisotopic (exact) mass is 333 g/mol. The summed E-state index contributed by atoms with van der Waals surface area (Å²) in [6, 6.07) is 20.8. The number of unbranched alkanes of at least 4 members (excludes halogenated alkanes) is 5. The van der Waals surface area contributed by atoms with Gasteiger partial charge >= 0.3 is 0 Å². The molecule has 0 aliphatic heterocycles. The molecule has 3 aromatic rings. The van der Waals surface area contributed by atoms with Gasteiger partial charge in [-0.25, -0.2) is 4.68 Å². The van der Waals surface area contributed by atoms with E-state index in [1.54, 1.807) is 0 Å². The highest BCUT2D eigenvalue weighted by molar-refractivity contribution is 5.77. The quantitative estimate of drug-likeness (QED) is 0.451. The Morgan fingerprint density at radius 2 is 1.32 bits per heavy atom. The summed E-state index contributed by atoms with van der Waals surface area (Å²) in [5.41, 5.74) is 4.39. The fourth-order valence-electron chi connectivity index (χ4n) is 3.18. The van der Waals surface area contributed by atoms with Gasteiger partial charge in [-0.05, 0) is 6.42 Å². The molecule has 0 atom stereocenters. The molecule has 0 fully saturated rings. The lowest BCUT2D eigenvalue weighted by Gasteiger charge is -2.09. The van der Waals surface area contributed by atoms with Gasteiger partial charge in [0.25, 0.3) is 0 Å². The Labute approximate surface area is 150 Å². The largest absolute Gasteiger partial charge is 0.244 e. The van der Waals surface area contributed by atoms with Crippen LogP contribution >= 0.6 is 0 Å². The second kappa shape index (κ2) is 9.16. The first-order chi connectivity index (χ1) is 12.4. The maximum Gasteiger partial charge on any atom is 0.121 e. The van der Waals surface area contributed by atoms with Gasteiger partial charge in [-0.1, -0.05) is 105 Å². The van der Waals surface area contributed by atoms with Gasteiger partial charge in [0, 0.05) is 17.7 Å². The van der Waals surface area contributed by atoms with Crippen LogP contribution in [0.2, 0.25) is 0 Å². The van der Waals surface area contributed by atoms with E-state index < -0.39 is 0 Å². The summed E-state index contributed by atoms with van der Waals surface area (Å²) in [6.45, 7) is 3.18. The fraction of sp³-hybridized carbons (Fsp3) is 0.364. The molecule has 0 saturated heterocycles. The van der Waals surface area contributed by atoms with Crippen molar-refractivity contribution in [1.29, 1.82) is 0 Å². The lowest BCUT2D eigenvalue weighted by molar-refractivity contribution is 0.520. The zero-order valence-electron chi connectivity index (χ0n) is 15.1. The van der Waals surface area contributed by atoms with Gasteiger partial charge in [-0.3, -0.25) is 0 Å². The van der Waals surface area contributed by atoms with E-state index in [0.717, 1.165) is 29.9 Å². The average molecular weight is 333 g/mol. The Morgan fingerprint density at radius 3 is 2.00 bits per heavy atom. The standard InChI is InChI=1S/C22H27N3/c1-2-3-4-5-6-13-18-25-22(20-16-11-8-12-17-20)21(23-24-25)19-14-9-7-10-15-19/h7-12,14-17H,2-6,13,18H2,1H3. The molecule has 25 heavy (non-hydrogen) atoms. The fourth-order valence-corrected chi connectivity index (χ4v) is 3.18. The summed E-state index contributed by atoms with van der Waals surface area (Å²) in [5, 5.41) is 8.97. The van der Waals surface area contributed by atoms with Crippen molar-refractivity contribution in [3.05, 3.63) is 60.7 Å². The van der Waals surface area contributed by atoms with Crippen molar-refractivity contribution in [1.82, 2.24) is 15.0 Å². The molecule has 0 spiro atoms. The molecule has 1 aromatic heterocycles. The molecule has 2 aromatic carbocycles. The number of hydrogen-bond acceptors (Lipinski definition) is 2. The summed E-state index contributed by atoms with van der Waals surface area (Å²) in [5.74, 6) is 0. The van der Waals surface area contributed by atoms with E-state index in [9.17, 15) is 0 Å². The molecular formula is C22H27N3. The summed E-state index contributed by atoms with van der Waals surface area (Å²) in [7, 11) is 0.